The van der Waals surface area contributed by atoms with Crippen molar-refractivity contribution in [3.05, 3.63) is 29.8 Å². The van der Waals surface area contributed by atoms with Crippen LogP contribution in [0.2, 0.25) is 0 Å². The van der Waals surface area contributed by atoms with Crippen molar-refractivity contribution in [2.24, 2.45) is 0 Å². The highest BCUT2D eigenvalue weighted by molar-refractivity contribution is 5.74. The number of ether oxygens (including phenoxy) is 1. The van der Waals surface area contributed by atoms with Crippen molar-refractivity contribution < 1.29 is 28.2 Å². The van der Waals surface area contributed by atoms with Gasteiger partial charge in [0.2, 0.25) is 0 Å². The van der Waals surface area contributed by atoms with Crippen LogP contribution in [0.4, 0.5) is 13.6 Å². The van der Waals surface area contributed by atoms with E-state index in [1.54, 1.807) is 19.1 Å². The summed E-state index contributed by atoms with van der Waals surface area (Å²) in [4.78, 5) is 21.9. The number of urea groups is 1. The Morgan fingerprint density at radius 1 is 1.36 bits per heavy atom. The minimum absolute atomic E-state index is 0.0167. The number of carbonyl (C=O) groups is 2. The lowest BCUT2D eigenvalue weighted by Gasteiger charge is -2.16. The lowest BCUT2D eigenvalue weighted by atomic mass is 10.1. The highest BCUT2D eigenvalue weighted by Gasteiger charge is 2.11. The molecular formula is C14H18F2N2O4. The smallest absolute Gasteiger partial charge is 0.387 e. The number of hydrogen-bond acceptors (Lipinski definition) is 3. The van der Waals surface area contributed by atoms with Gasteiger partial charge in [0.15, 0.2) is 0 Å². The lowest BCUT2D eigenvalue weighted by molar-refractivity contribution is -0.137. The third-order valence-corrected chi connectivity index (χ3v) is 2.78. The molecule has 0 heterocycles. The average Bonchev–Trinajstić information content (AvgIpc) is 2.43. The van der Waals surface area contributed by atoms with Gasteiger partial charge in [0.1, 0.15) is 5.75 Å². The molecule has 6 nitrogen and oxygen atoms in total. The van der Waals surface area contributed by atoms with Crippen molar-refractivity contribution in [1.82, 2.24) is 10.6 Å². The lowest BCUT2D eigenvalue weighted by Crippen LogP contribution is -2.37. The van der Waals surface area contributed by atoms with Crippen LogP contribution in [0.1, 0.15) is 31.4 Å². The fourth-order valence-corrected chi connectivity index (χ4v) is 1.73. The van der Waals surface area contributed by atoms with Crippen molar-refractivity contribution >= 4 is 12.0 Å². The SMILES string of the molecule is CC(NC(=O)NCCCC(=O)O)c1cccc(OC(F)F)c1. The first-order chi connectivity index (χ1) is 10.4. The van der Waals surface area contributed by atoms with Crippen molar-refractivity contribution in [3.63, 3.8) is 0 Å². The Labute approximate surface area is 126 Å². The molecule has 0 aromatic heterocycles. The highest BCUT2D eigenvalue weighted by atomic mass is 19.3. The summed E-state index contributed by atoms with van der Waals surface area (Å²) in [6.07, 6.45) is 0.303. The second kappa shape index (κ2) is 8.81. The number of amides is 2. The largest absolute Gasteiger partial charge is 0.481 e. The van der Waals surface area contributed by atoms with Gasteiger partial charge in [-0.3, -0.25) is 4.79 Å². The number of carboxylic acids is 1. The summed E-state index contributed by atoms with van der Waals surface area (Å²) in [6, 6.07) is 5.17. The maximum absolute atomic E-state index is 12.1. The molecule has 0 aliphatic carbocycles. The predicted octanol–water partition coefficient (Wildman–Crippen LogP) is 2.51. The van der Waals surface area contributed by atoms with E-state index in [2.05, 4.69) is 15.4 Å². The molecule has 1 aromatic carbocycles. The number of hydrogen-bond donors (Lipinski definition) is 3. The van der Waals surface area contributed by atoms with Crippen LogP contribution < -0.4 is 15.4 Å². The first-order valence-electron chi connectivity index (χ1n) is 6.69. The van der Waals surface area contributed by atoms with E-state index in [4.69, 9.17) is 5.11 Å². The molecule has 0 radical (unpaired) electrons. The molecule has 0 aliphatic rings. The summed E-state index contributed by atoms with van der Waals surface area (Å²) in [5, 5.41) is 13.6. The summed E-state index contributed by atoms with van der Waals surface area (Å²) >= 11 is 0. The number of carboxylic acid groups (broad SMARTS) is 1. The summed E-state index contributed by atoms with van der Waals surface area (Å²) in [5.41, 5.74) is 0.610. The van der Waals surface area contributed by atoms with Crippen molar-refractivity contribution in [2.45, 2.75) is 32.4 Å². The molecule has 1 unspecified atom stereocenters. The Balaban J connectivity index is 2.45. The Morgan fingerprint density at radius 3 is 2.73 bits per heavy atom. The van der Waals surface area contributed by atoms with E-state index < -0.39 is 24.7 Å². The van der Waals surface area contributed by atoms with Crippen molar-refractivity contribution in [1.29, 1.82) is 0 Å². The average molecular weight is 316 g/mol. The van der Waals surface area contributed by atoms with Gasteiger partial charge in [0.05, 0.1) is 6.04 Å². The molecule has 2 amide bonds. The molecule has 1 aromatic rings. The van der Waals surface area contributed by atoms with Gasteiger partial charge < -0.3 is 20.5 Å². The normalized spacial score (nSPS) is 11.8. The molecule has 0 saturated carbocycles. The molecule has 3 N–H and O–H groups in total. The van der Waals surface area contributed by atoms with Crippen LogP contribution >= 0.6 is 0 Å². The van der Waals surface area contributed by atoms with E-state index in [1.807, 2.05) is 0 Å². The summed E-state index contributed by atoms with van der Waals surface area (Å²) in [5.74, 6) is -0.908. The minimum Gasteiger partial charge on any atom is -0.481 e. The standard InChI is InChI=1S/C14H18F2N2O4/c1-9(18-14(21)17-7-3-6-12(19)20)10-4-2-5-11(8-10)22-13(15)16/h2,4-5,8-9,13H,3,6-7H2,1H3,(H,19,20)(H2,17,18,21). The van der Waals surface area contributed by atoms with Crippen LogP contribution in [0.5, 0.6) is 5.75 Å². The minimum atomic E-state index is -2.91. The van der Waals surface area contributed by atoms with Crippen molar-refractivity contribution in [2.75, 3.05) is 6.54 Å². The molecule has 122 valence electrons. The molecular weight excluding hydrogens is 298 g/mol. The number of aliphatic carboxylic acids is 1. The zero-order valence-corrected chi connectivity index (χ0v) is 12.0. The maximum Gasteiger partial charge on any atom is 0.387 e. The topological polar surface area (TPSA) is 87.7 Å². The molecule has 1 rings (SSSR count). The fourth-order valence-electron chi connectivity index (χ4n) is 1.73. The van der Waals surface area contributed by atoms with Gasteiger partial charge in [0.25, 0.3) is 0 Å². The van der Waals surface area contributed by atoms with Crippen LogP contribution in [0.25, 0.3) is 0 Å². The monoisotopic (exact) mass is 316 g/mol. The summed E-state index contributed by atoms with van der Waals surface area (Å²) < 4.78 is 28.6. The molecule has 0 saturated heterocycles. The number of benzene rings is 1. The molecule has 0 aliphatic heterocycles. The van der Waals surface area contributed by atoms with Gasteiger partial charge in [-0.25, -0.2) is 4.79 Å². The third-order valence-electron chi connectivity index (χ3n) is 2.78. The zero-order chi connectivity index (χ0) is 16.5. The van der Waals surface area contributed by atoms with Gasteiger partial charge in [-0.15, -0.1) is 0 Å². The van der Waals surface area contributed by atoms with Crippen LogP contribution in [-0.2, 0) is 4.79 Å². The third kappa shape index (κ3) is 6.87. The van der Waals surface area contributed by atoms with E-state index in [0.29, 0.717) is 12.0 Å². The van der Waals surface area contributed by atoms with Gasteiger partial charge in [-0.2, -0.15) is 8.78 Å². The Morgan fingerprint density at radius 2 is 2.09 bits per heavy atom. The van der Waals surface area contributed by atoms with Crippen LogP contribution in [0.15, 0.2) is 24.3 Å². The number of halogens is 2. The van der Waals surface area contributed by atoms with E-state index in [9.17, 15) is 18.4 Å². The Bertz CT molecular complexity index is 511. The van der Waals surface area contributed by atoms with E-state index in [1.165, 1.54) is 12.1 Å². The molecule has 0 fully saturated rings. The molecule has 0 spiro atoms. The zero-order valence-electron chi connectivity index (χ0n) is 12.0. The van der Waals surface area contributed by atoms with Gasteiger partial charge in [-0.1, -0.05) is 12.1 Å². The van der Waals surface area contributed by atoms with Crippen LogP contribution in [0.3, 0.4) is 0 Å². The molecule has 0 bridgehead atoms. The highest BCUT2D eigenvalue weighted by Crippen LogP contribution is 2.20. The first-order valence-corrected chi connectivity index (χ1v) is 6.69. The van der Waals surface area contributed by atoms with E-state index in [-0.39, 0.29) is 18.7 Å². The van der Waals surface area contributed by atoms with Crippen LogP contribution in [-0.4, -0.2) is 30.3 Å². The van der Waals surface area contributed by atoms with Crippen LogP contribution in [0, 0.1) is 0 Å². The van der Waals surface area contributed by atoms with Gasteiger partial charge in [0, 0.05) is 13.0 Å². The second-order valence-electron chi connectivity index (χ2n) is 4.57. The number of carbonyl (C=O) groups excluding carboxylic acids is 1. The number of rotatable bonds is 8. The Kier molecular flexibility index (Phi) is 7.07. The van der Waals surface area contributed by atoms with E-state index >= 15 is 0 Å². The van der Waals surface area contributed by atoms with Gasteiger partial charge in [-0.05, 0) is 31.0 Å². The fraction of sp³-hybridized carbons (Fsp3) is 0.429. The van der Waals surface area contributed by atoms with E-state index in [0.717, 1.165) is 0 Å². The first kappa shape index (κ1) is 17.7. The predicted molar refractivity (Wildman–Crippen MR) is 74.9 cm³/mol. The van der Waals surface area contributed by atoms with Crippen molar-refractivity contribution in [3.8, 4) is 5.75 Å². The maximum atomic E-state index is 12.1. The Hall–Kier alpha value is -2.38. The second-order valence-corrected chi connectivity index (χ2v) is 4.57. The molecule has 22 heavy (non-hydrogen) atoms. The quantitative estimate of drug-likeness (QED) is 0.643. The number of alkyl halides is 2. The summed E-state index contributed by atoms with van der Waals surface area (Å²) in [6.45, 7) is -0.978. The number of nitrogens with one attached hydrogen (secondary N) is 2. The molecule has 8 heteroatoms. The molecule has 1 atom stereocenters. The summed E-state index contributed by atoms with van der Waals surface area (Å²) in [7, 11) is 0. The van der Waals surface area contributed by atoms with Gasteiger partial charge >= 0.3 is 18.6 Å².